The maximum atomic E-state index is 12.7. The number of aryl methyl sites for hydroxylation is 2. The summed E-state index contributed by atoms with van der Waals surface area (Å²) in [5.74, 6) is 0.653. The number of carbonyl (C=O) groups excluding carboxylic acids is 2. The number of hydrogen-bond acceptors (Lipinski definition) is 4. The molecule has 0 aromatic heterocycles. The third-order valence-corrected chi connectivity index (χ3v) is 5.59. The Kier molecular flexibility index (Phi) is 6.17. The van der Waals surface area contributed by atoms with E-state index in [1.807, 2.05) is 32.0 Å². The molecular formula is C22H21N3O2S. The molecule has 5 nitrogen and oxygen atoms in total. The molecule has 1 aliphatic rings. The van der Waals surface area contributed by atoms with Gasteiger partial charge >= 0.3 is 0 Å². The van der Waals surface area contributed by atoms with Gasteiger partial charge in [0.2, 0.25) is 11.8 Å². The van der Waals surface area contributed by atoms with E-state index in [0.29, 0.717) is 22.9 Å². The number of carbonyl (C=O) groups is 2. The van der Waals surface area contributed by atoms with Crippen molar-refractivity contribution in [2.75, 3.05) is 16.9 Å². The zero-order valence-electron chi connectivity index (χ0n) is 15.8. The van der Waals surface area contributed by atoms with E-state index < -0.39 is 6.04 Å². The van der Waals surface area contributed by atoms with Crippen LogP contribution in [0.15, 0.2) is 48.5 Å². The van der Waals surface area contributed by atoms with Crippen molar-refractivity contribution < 1.29 is 9.59 Å². The summed E-state index contributed by atoms with van der Waals surface area (Å²) in [4.78, 5) is 26.9. The summed E-state index contributed by atoms with van der Waals surface area (Å²) in [6, 6.07) is 14.3. The van der Waals surface area contributed by atoms with Crippen LogP contribution in [0.4, 0.5) is 5.69 Å². The number of anilines is 1. The number of nitrogens with one attached hydrogen (secondary N) is 1. The van der Waals surface area contributed by atoms with Crippen molar-refractivity contribution in [2.24, 2.45) is 0 Å². The van der Waals surface area contributed by atoms with Gasteiger partial charge in [-0.1, -0.05) is 23.8 Å². The van der Waals surface area contributed by atoms with Crippen LogP contribution in [0, 0.1) is 25.2 Å². The van der Waals surface area contributed by atoms with Gasteiger partial charge in [0.1, 0.15) is 6.04 Å². The SMILES string of the molecule is Cc1ccc(/C=C/C(=O)N2CSCC2C(=O)Nc2ccc(C#N)cc2)c(C)c1. The Bertz CT molecular complexity index is 961. The Morgan fingerprint density at radius 1 is 1.21 bits per heavy atom. The summed E-state index contributed by atoms with van der Waals surface area (Å²) >= 11 is 1.56. The van der Waals surface area contributed by atoms with Crippen LogP contribution in [0.2, 0.25) is 0 Å². The molecule has 3 rings (SSSR count). The topological polar surface area (TPSA) is 73.2 Å². The highest BCUT2D eigenvalue weighted by Crippen LogP contribution is 2.23. The number of thioether (sulfide) groups is 1. The lowest BCUT2D eigenvalue weighted by Gasteiger charge is -2.21. The van der Waals surface area contributed by atoms with Gasteiger partial charge in [-0.05, 0) is 55.3 Å². The summed E-state index contributed by atoms with van der Waals surface area (Å²) in [5.41, 5.74) is 4.41. The van der Waals surface area contributed by atoms with Crippen molar-refractivity contribution in [1.82, 2.24) is 4.90 Å². The molecule has 0 bridgehead atoms. The van der Waals surface area contributed by atoms with Crippen molar-refractivity contribution in [1.29, 1.82) is 5.26 Å². The molecule has 1 unspecified atom stereocenters. The summed E-state index contributed by atoms with van der Waals surface area (Å²) < 4.78 is 0. The Balaban J connectivity index is 1.67. The Morgan fingerprint density at radius 2 is 1.96 bits per heavy atom. The molecule has 0 radical (unpaired) electrons. The van der Waals surface area contributed by atoms with Crippen molar-refractivity contribution >= 4 is 35.3 Å². The largest absolute Gasteiger partial charge is 0.324 e. The van der Waals surface area contributed by atoms with Crippen LogP contribution in [-0.4, -0.2) is 34.4 Å². The van der Waals surface area contributed by atoms with Gasteiger partial charge in [0, 0.05) is 17.5 Å². The summed E-state index contributed by atoms with van der Waals surface area (Å²) in [7, 11) is 0. The Labute approximate surface area is 169 Å². The highest BCUT2D eigenvalue weighted by atomic mass is 32.2. The molecule has 2 amide bonds. The fourth-order valence-corrected chi connectivity index (χ4v) is 4.16. The lowest BCUT2D eigenvalue weighted by molar-refractivity contribution is -0.132. The van der Waals surface area contributed by atoms with Crippen molar-refractivity contribution in [3.63, 3.8) is 0 Å². The predicted molar refractivity (Wildman–Crippen MR) is 113 cm³/mol. The number of benzene rings is 2. The minimum Gasteiger partial charge on any atom is -0.324 e. The lowest BCUT2D eigenvalue weighted by atomic mass is 10.1. The van der Waals surface area contributed by atoms with Crippen molar-refractivity contribution in [3.8, 4) is 6.07 Å². The summed E-state index contributed by atoms with van der Waals surface area (Å²) in [6.07, 6.45) is 3.33. The van der Waals surface area contributed by atoms with E-state index in [1.165, 1.54) is 11.6 Å². The second kappa shape index (κ2) is 8.77. The van der Waals surface area contributed by atoms with E-state index in [9.17, 15) is 9.59 Å². The van der Waals surface area contributed by atoms with Crippen LogP contribution < -0.4 is 5.32 Å². The highest BCUT2D eigenvalue weighted by molar-refractivity contribution is 7.99. The van der Waals surface area contributed by atoms with Gasteiger partial charge in [-0.25, -0.2) is 0 Å². The smallest absolute Gasteiger partial charge is 0.248 e. The number of nitrogens with zero attached hydrogens (tertiary/aromatic N) is 2. The van der Waals surface area contributed by atoms with Crippen LogP contribution in [0.5, 0.6) is 0 Å². The number of amides is 2. The van der Waals surface area contributed by atoms with Crippen molar-refractivity contribution in [3.05, 3.63) is 70.8 Å². The van der Waals surface area contributed by atoms with Gasteiger partial charge in [0.15, 0.2) is 0 Å². The lowest BCUT2D eigenvalue weighted by Crippen LogP contribution is -2.43. The normalized spacial score (nSPS) is 16.2. The minimum atomic E-state index is -0.517. The first kappa shape index (κ1) is 19.7. The number of nitriles is 1. The van der Waals surface area contributed by atoms with Crippen LogP contribution in [0.25, 0.3) is 6.08 Å². The maximum absolute atomic E-state index is 12.7. The first-order valence-electron chi connectivity index (χ1n) is 8.92. The molecule has 1 aliphatic heterocycles. The Hall–Kier alpha value is -3.04. The predicted octanol–water partition coefficient (Wildman–Crippen LogP) is 3.73. The van der Waals surface area contributed by atoms with Crippen LogP contribution in [0.1, 0.15) is 22.3 Å². The molecule has 0 aliphatic carbocycles. The molecule has 1 heterocycles. The average molecular weight is 391 g/mol. The van der Waals surface area contributed by atoms with Crippen molar-refractivity contribution in [2.45, 2.75) is 19.9 Å². The zero-order chi connectivity index (χ0) is 20.1. The number of rotatable bonds is 4. The van der Waals surface area contributed by atoms with Gasteiger partial charge in [-0.15, -0.1) is 11.8 Å². The van der Waals surface area contributed by atoms with E-state index in [1.54, 1.807) is 47.0 Å². The quantitative estimate of drug-likeness (QED) is 0.806. The van der Waals surface area contributed by atoms with Crippen LogP contribution >= 0.6 is 11.8 Å². The molecule has 0 spiro atoms. The monoisotopic (exact) mass is 391 g/mol. The number of hydrogen-bond donors (Lipinski definition) is 1. The zero-order valence-corrected chi connectivity index (χ0v) is 16.6. The fourth-order valence-electron chi connectivity index (χ4n) is 3.00. The van der Waals surface area contributed by atoms with Crippen LogP contribution in [-0.2, 0) is 9.59 Å². The highest BCUT2D eigenvalue weighted by Gasteiger charge is 2.33. The molecule has 1 fully saturated rings. The van der Waals surface area contributed by atoms with E-state index in [4.69, 9.17) is 5.26 Å². The van der Waals surface area contributed by atoms with Gasteiger partial charge in [0.05, 0.1) is 17.5 Å². The van der Waals surface area contributed by atoms with Gasteiger partial charge < -0.3 is 10.2 Å². The second-order valence-corrected chi connectivity index (χ2v) is 7.70. The van der Waals surface area contributed by atoms with Crippen LogP contribution in [0.3, 0.4) is 0 Å². The maximum Gasteiger partial charge on any atom is 0.248 e. The molecule has 142 valence electrons. The van der Waals surface area contributed by atoms with E-state index >= 15 is 0 Å². The molecule has 0 saturated carbocycles. The van der Waals surface area contributed by atoms with Gasteiger partial charge in [-0.2, -0.15) is 5.26 Å². The third kappa shape index (κ3) is 4.62. The molecule has 6 heteroatoms. The summed E-state index contributed by atoms with van der Waals surface area (Å²) in [5, 5.41) is 11.7. The fraction of sp³-hybridized carbons (Fsp3) is 0.227. The molecule has 1 atom stereocenters. The molecule has 1 N–H and O–H groups in total. The third-order valence-electron chi connectivity index (χ3n) is 4.58. The average Bonchev–Trinajstić information content (AvgIpc) is 3.18. The first-order valence-corrected chi connectivity index (χ1v) is 10.1. The van der Waals surface area contributed by atoms with Gasteiger partial charge in [-0.3, -0.25) is 9.59 Å². The van der Waals surface area contributed by atoms with Gasteiger partial charge in [0.25, 0.3) is 0 Å². The molecular weight excluding hydrogens is 370 g/mol. The molecule has 2 aromatic carbocycles. The molecule has 1 saturated heterocycles. The van der Waals surface area contributed by atoms with E-state index in [2.05, 4.69) is 11.4 Å². The minimum absolute atomic E-state index is 0.176. The second-order valence-electron chi connectivity index (χ2n) is 6.70. The van der Waals surface area contributed by atoms with E-state index in [0.717, 1.165) is 11.1 Å². The standard InChI is InChI=1S/C22H21N3O2S/c1-15-3-6-18(16(2)11-15)7-10-21(26)25-14-28-13-20(25)22(27)24-19-8-4-17(12-23)5-9-19/h3-11,20H,13-14H2,1-2H3,(H,24,27)/b10-7+. The Morgan fingerprint density at radius 3 is 2.64 bits per heavy atom. The van der Waals surface area contributed by atoms with E-state index in [-0.39, 0.29) is 11.8 Å². The molecule has 28 heavy (non-hydrogen) atoms. The summed E-state index contributed by atoms with van der Waals surface area (Å²) in [6.45, 7) is 4.04. The first-order chi connectivity index (χ1) is 13.5. The molecule has 2 aromatic rings.